The highest BCUT2D eigenvalue weighted by Crippen LogP contribution is 2.07. The maximum Gasteiger partial charge on any atom is 0.276 e. The fourth-order valence-electron chi connectivity index (χ4n) is 1.30. The summed E-state index contributed by atoms with van der Waals surface area (Å²) in [5.74, 6) is -0.225. The van der Waals surface area contributed by atoms with E-state index in [-0.39, 0.29) is 5.91 Å². The van der Waals surface area contributed by atoms with Gasteiger partial charge < -0.3 is 5.32 Å². The quantitative estimate of drug-likeness (QED) is 0.885. The molecule has 0 fully saturated rings. The second-order valence-electron chi connectivity index (χ2n) is 3.49. The lowest BCUT2D eigenvalue weighted by molar-refractivity contribution is 0.102. The highest BCUT2D eigenvalue weighted by molar-refractivity contribution is 6.02. The molecular weight excluding hydrogens is 228 g/mol. The second kappa shape index (κ2) is 6.54. The van der Waals surface area contributed by atoms with E-state index in [0.717, 1.165) is 5.69 Å². The molecule has 0 spiro atoms. The topological polar surface area (TPSA) is 59.8 Å². The Hall–Kier alpha value is -2.17. The Kier molecular flexibility index (Phi) is 5.05. The number of anilines is 1. The lowest BCUT2D eigenvalue weighted by atomic mass is 10.3. The van der Waals surface area contributed by atoms with Crippen LogP contribution in [0.5, 0.6) is 0 Å². The molecule has 1 amide bonds. The number of carbonyl (C=O) groups excluding carboxylic acids is 1. The molecule has 2 heterocycles. The summed E-state index contributed by atoms with van der Waals surface area (Å²) >= 11 is 0. The SMILES string of the molecule is CC.Cc1cc(C(=O)Nc2cccnc2)nn1C. The molecule has 0 aliphatic carbocycles. The molecule has 96 valence electrons. The molecular formula is C13H18N4O. The number of hydrogen-bond acceptors (Lipinski definition) is 3. The van der Waals surface area contributed by atoms with Gasteiger partial charge >= 0.3 is 0 Å². The van der Waals surface area contributed by atoms with E-state index >= 15 is 0 Å². The van der Waals surface area contributed by atoms with Crippen LogP contribution in [0.25, 0.3) is 0 Å². The zero-order valence-corrected chi connectivity index (χ0v) is 11.1. The lowest BCUT2D eigenvalue weighted by Gasteiger charge is -2.00. The molecule has 0 bridgehead atoms. The zero-order valence-electron chi connectivity index (χ0n) is 11.1. The van der Waals surface area contributed by atoms with E-state index in [2.05, 4.69) is 15.4 Å². The molecule has 0 aliphatic rings. The second-order valence-corrected chi connectivity index (χ2v) is 3.49. The fraction of sp³-hybridized carbons (Fsp3) is 0.308. The molecule has 0 saturated heterocycles. The van der Waals surface area contributed by atoms with Gasteiger partial charge in [0.1, 0.15) is 0 Å². The Morgan fingerprint density at radius 1 is 1.39 bits per heavy atom. The molecule has 18 heavy (non-hydrogen) atoms. The van der Waals surface area contributed by atoms with E-state index in [9.17, 15) is 4.79 Å². The number of rotatable bonds is 2. The van der Waals surface area contributed by atoms with Gasteiger partial charge in [0.15, 0.2) is 5.69 Å². The first kappa shape index (κ1) is 13.9. The predicted octanol–water partition coefficient (Wildman–Crippen LogP) is 2.40. The van der Waals surface area contributed by atoms with Crippen molar-refractivity contribution in [3.8, 4) is 0 Å². The predicted molar refractivity (Wildman–Crippen MR) is 71.5 cm³/mol. The monoisotopic (exact) mass is 246 g/mol. The summed E-state index contributed by atoms with van der Waals surface area (Å²) in [6.07, 6.45) is 3.24. The molecule has 2 rings (SSSR count). The molecule has 0 aromatic carbocycles. The van der Waals surface area contributed by atoms with Crippen molar-refractivity contribution >= 4 is 11.6 Å². The number of nitrogens with one attached hydrogen (secondary N) is 1. The van der Waals surface area contributed by atoms with E-state index < -0.39 is 0 Å². The van der Waals surface area contributed by atoms with E-state index in [4.69, 9.17) is 0 Å². The van der Waals surface area contributed by atoms with Crippen LogP contribution in [0.2, 0.25) is 0 Å². The van der Waals surface area contributed by atoms with E-state index in [0.29, 0.717) is 11.4 Å². The zero-order chi connectivity index (χ0) is 13.5. The first-order valence-corrected chi connectivity index (χ1v) is 5.89. The van der Waals surface area contributed by atoms with Gasteiger partial charge in [-0.3, -0.25) is 14.5 Å². The fourth-order valence-corrected chi connectivity index (χ4v) is 1.30. The van der Waals surface area contributed by atoms with Crippen molar-refractivity contribution in [2.24, 2.45) is 7.05 Å². The Balaban J connectivity index is 0.000000771. The molecule has 0 atom stereocenters. The Labute approximate surface area is 107 Å². The highest BCUT2D eigenvalue weighted by atomic mass is 16.1. The number of carbonyl (C=O) groups is 1. The summed E-state index contributed by atoms with van der Waals surface area (Å²) in [4.78, 5) is 15.7. The number of amides is 1. The molecule has 0 saturated carbocycles. The Morgan fingerprint density at radius 2 is 2.11 bits per heavy atom. The van der Waals surface area contributed by atoms with Crippen molar-refractivity contribution in [3.05, 3.63) is 42.0 Å². The molecule has 2 aromatic rings. The summed E-state index contributed by atoms with van der Waals surface area (Å²) in [5.41, 5.74) is 2.01. The smallest absolute Gasteiger partial charge is 0.276 e. The van der Waals surface area contributed by atoms with E-state index in [1.807, 2.05) is 20.8 Å². The van der Waals surface area contributed by atoms with Gasteiger partial charge in [0, 0.05) is 18.9 Å². The van der Waals surface area contributed by atoms with Gasteiger partial charge in [-0.15, -0.1) is 0 Å². The van der Waals surface area contributed by atoms with Gasteiger partial charge in [0.25, 0.3) is 5.91 Å². The summed E-state index contributed by atoms with van der Waals surface area (Å²) in [5, 5.41) is 6.81. The standard InChI is InChI=1S/C11H12N4O.C2H6/c1-8-6-10(14-15(8)2)11(16)13-9-4-3-5-12-7-9;1-2/h3-7H,1-2H3,(H,13,16);1-2H3. The van der Waals surface area contributed by atoms with Crippen LogP contribution in [0, 0.1) is 6.92 Å². The molecule has 0 unspecified atom stereocenters. The minimum Gasteiger partial charge on any atom is -0.319 e. The van der Waals surface area contributed by atoms with Gasteiger partial charge in [-0.05, 0) is 25.1 Å². The van der Waals surface area contributed by atoms with E-state index in [1.54, 1.807) is 42.3 Å². The molecule has 0 radical (unpaired) electrons. The van der Waals surface area contributed by atoms with Crippen LogP contribution >= 0.6 is 0 Å². The summed E-state index contributed by atoms with van der Waals surface area (Å²) in [7, 11) is 1.80. The molecule has 2 aromatic heterocycles. The average Bonchev–Trinajstić information content (AvgIpc) is 2.73. The van der Waals surface area contributed by atoms with Crippen molar-refractivity contribution in [2.45, 2.75) is 20.8 Å². The number of aryl methyl sites for hydroxylation is 2. The number of pyridine rings is 1. The van der Waals surface area contributed by atoms with Gasteiger partial charge in [-0.2, -0.15) is 5.10 Å². The third-order valence-electron chi connectivity index (χ3n) is 2.27. The Morgan fingerprint density at radius 3 is 2.61 bits per heavy atom. The number of aromatic nitrogens is 3. The third kappa shape index (κ3) is 3.41. The largest absolute Gasteiger partial charge is 0.319 e. The first-order chi connectivity index (χ1) is 8.66. The normalized spacial score (nSPS) is 9.33. The number of nitrogens with zero attached hydrogens (tertiary/aromatic N) is 3. The molecule has 1 N–H and O–H groups in total. The van der Waals surface area contributed by atoms with E-state index in [1.165, 1.54) is 0 Å². The van der Waals surface area contributed by atoms with Crippen LogP contribution in [-0.2, 0) is 7.05 Å². The highest BCUT2D eigenvalue weighted by Gasteiger charge is 2.10. The van der Waals surface area contributed by atoms with Crippen molar-refractivity contribution in [1.29, 1.82) is 0 Å². The lowest BCUT2D eigenvalue weighted by Crippen LogP contribution is -2.13. The van der Waals surface area contributed by atoms with Crippen molar-refractivity contribution in [3.63, 3.8) is 0 Å². The van der Waals surface area contributed by atoms with Crippen molar-refractivity contribution in [2.75, 3.05) is 5.32 Å². The maximum absolute atomic E-state index is 11.8. The number of hydrogen-bond donors (Lipinski definition) is 1. The Bertz CT molecular complexity index is 485. The minimum absolute atomic E-state index is 0.225. The minimum atomic E-state index is -0.225. The summed E-state index contributed by atoms with van der Waals surface area (Å²) in [6, 6.07) is 5.28. The first-order valence-electron chi connectivity index (χ1n) is 5.89. The van der Waals surface area contributed by atoms with Gasteiger partial charge in [0.2, 0.25) is 0 Å². The molecule has 5 nitrogen and oxygen atoms in total. The van der Waals surface area contributed by atoms with Gasteiger partial charge in [0.05, 0.1) is 11.9 Å². The third-order valence-corrected chi connectivity index (χ3v) is 2.27. The average molecular weight is 246 g/mol. The van der Waals surface area contributed by atoms with Crippen molar-refractivity contribution in [1.82, 2.24) is 14.8 Å². The van der Waals surface area contributed by atoms with Crippen molar-refractivity contribution < 1.29 is 4.79 Å². The molecule has 0 aliphatic heterocycles. The maximum atomic E-state index is 11.8. The van der Waals surface area contributed by atoms with Crippen LogP contribution in [-0.4, -0.2) is 20.7 Å². The van der Waals surface area contributed by atoms with Gasteiger partial charge in [-0.25, -0.2) is 0 Å². The van der Waals surface area contributed by atoms with Crippen LogP contribution in [0.3, 0.4) is 0 Å². The molecule has 5 heteroatoms. The van der Waals surface area contributed by atoms with Crippen LogP contribution in [0.1, 0.15) is 30.0 Å². The summed E-state index contributed by atoms with van der Waals surface area (Å²) in [6.45, 7) is 5.90. The van der Waals surface area contributed by atoms with Crippen LogP contribution in [0.4, 0.5) is 5.69 Å². The van der Waals surface area contributed by atoms with Gasteiger partial charge in [-0.1, -0.05) is 13.8 Å². The summed E-state index contributed by atoms with van der Waals surface area (Å²) < 4.78 is 1.66. The van der Waals surface area contributed by atoms with Crippen LogP contribution in [0.15, 0.2) is 30.6 Å². The van der Waals surface area contributed by atoms with Crippen LogP contribution < -0.4 is 5.32 Å².